The van der Waals surface area contributed by atoms with Crippen molar-refractivity contribution in [2.75, 3.05) is 5.75 Å². The number of fused-ring (bicyclic) bond motifs is 1. The molecule has 0 aliphatic rings. The fraction of sp³-hybridized carbons (Fsp3) is 0.0556. The lowest BCUT2D eigenvalue weighted by Crippen LogP contribution is -2.00. The first-order valence-electron chi connectivity index (χ1n) is 7.40. The topological polar surface area (TPSA) is 42.9 Å². The number of Topliss-reactive ketones (excluding diaryl/α,β-unsaturated/α-hetero) is 1. The number of halogens is 1. The van der Waals surface area contributed by atoms with Gasteiger partial charge < -0.3 is 0 Å². The normalized spacial score (nSPS) is 11.1. The van der Waals surface area contributed by atoms with E-state index in [0.29, 0.717) is 5.75 Å². The molecule has 3 heterocycles. The highest BCUT2D eigenvalue weighted by Crippen LogP contribution is 2.38. The molecule has 4 aromatic rings. The fourth-order valence-corrected chi connectivity index (χ4v) is 5.34. The van der Waals surface area contributed by atoms with E-state index in [2.05, 4.69) is 43.4 Å². The Morgan fingerprint density at radius 1 is 1.12 bits per heavy atom. The molecule has 1 aromatic carbocycles. The van der Waals surface area contributed by atoms with Crippen molar-refractivity contribution < 1.29 is 4.79 Å². The van der Waals surface area contributed by atoms with E-state index in [4.69, 9.17) is 0 Å². The number of thiophene rings is 2. The third-order valence-corrected chi connectivity index (χ3v) is 6.94. The monoisotopic (exact) mass is 446 g/mol. The van der Waals surface area contributed by atoms with Gasteiger partial charge in [0, 0.05) is 15.4 Å². The van der Waals surface area contributed by atoms with Crippen LogP contribution in [0.15, 0.2) is 63.0 Å². The molecule has 0 saturated heterocycles. The number of ketones is 1. The third-order valence-electron chi connectivity index (χ3n) is 3.63. The highest BCUT2D eigenvalue weighted by molar-refractivity contribution is 9.10. The standard InChI is InChI=1S/C18H11BrN2OS3/c19-12-5-3-11(4-6-12)13-8-24-17-16(13)18(21-10-20-17)25-9-14(22)15-2-1-7-23-15/h1-8,10H,9H2. The Kier molecular flexibility index (Phi) is 4.98. The van der Waals surface area contributed by atoms with Gasteiger partial charge in [0.1, 0.15) is 16.2 Å². The van der Waals surface area contributed by atoms with Crippen molar-refractivity contribution in [3.63, 3.8) is 0 Å². The number of thioether (sulfide) groups is 1. The second-order valence-electron chi connectivity index (χ2n) is 5.20. The number of aromatic nitrogens is 2. The Labute approximate surface area is 165 Å². The highest BCUT2D eigenvalue weighted by Gasteiger charge is 2.15. The minimum atomic E-state index is 0.132. The van der Waals surface area contributed by atoms with Crippen LogP contribution in [0.25, 0.3) is 21.3 Å². The number of carbonyl (C=O) groups is 1. The van der Waals surface area contributed by atoms with Crippen LogP contribution in [0, 0.1) is 0 Å². The molecule has 3 aromatic heterocycles. The van der Waals surface area contributed by atoms with Crippen LogP contribution >= 0.6 is 50.4 Å². The summed E-state index contributed by atoms with van der Waals surface area (Å²) in [5, 5.41) is 5.91. The zero-order valence-corrected chi connectivity index (χ0v) is 16.8. The summed E-state index contributed by atoms with van der Waals surface area (Å²) in [6, 6.07) is 12.0. The number of carbonyl (C=O) groups excluding carboxylic acids is 1. The predicted octanol–water partition coefficient (Wildman–Crippen LogP) is 6.16. The van der Waals surface area contributed by atoms with E-state index in [9.17, 15) is 4.79 Å². The van der Waals surface area contributed by atoms with Gasteiger partial charge in [-0.3, -0.25) is 4.79 Å². The van der Waals surface area contributed by atoms with Gasteiger partial charge in [0.25, 0.3) is 0 Å². The maximum atomic E-state index is 12.3. The quantitative estimate of drug-likeness (QED) is 0.209. The molecule has 0 bridgehead atoms. The summed E-state index contributed by atoms with van der Waals surface area (Å²) >= 11 is 8.02. The molecule has 7 heteroatoms. The third kappa shape index (κ3) is 3.55. The smallest absolute Gasteiger partial charge is 0.183 e. The van der Waals surface area contributed by atoms with E-state index in [1.807, 2.05) is 29.6 Å². The summed E-state index contributed by atoms with van der Waals surface area (Å²) in [5.41, 5.74) is 2.23. The SMILES string of the molecule is O=C(CSc1ncnc2scc(-c3ccc(Br)cc3)c12)c1cccs1. The summed E-state index contributed by atoms with van der Waals surface area (Å²) in [6.45, 7) is 0. The van der Waals surface area contributed by atoms with Crippen LogP contribution in [0.5, 0.6) is 0 Å². The van der Waals surface area contributed by atoms with E-state index >= 15 is 0 Å². The zero-order chi connectivity index (χ0) is 17.2. The number of benzene rings is 1. The Bertz CT molecular complexity index is 1030. The Hall–Kier alpha value is -1.54. The molecule has 0 radical (unpaired) electrons. The molecule has 0 aliphatic carbocycles. The molecule has 0 aliphatic heterocycles. The zero-order valence-electron chi connectivity index (χ0n) is 12.8. The van der Waals surface area contributed by atoms with Crippen molar-refractivity contribution in [2.24, 2.45) is 0 Å². The molecule has 4 rings (SSSR count). The van der Waals surface area contributed by atoms with Crippen molar-refractivity contribution in [3.8, 4) is 11.1 Å². The second-order valence-corrected chi connectivity index (χ2v) is 8.89. The van der Waals surface area contributed by atoms with E-state index in [1.165, 1.54) is 23.1 Å². The first-order chi connectivity index (χ1) is 12.2. The molecule has 0 unspecified atom stereocenters. The molecule has 0 atom stereocenters. The van der Waals surface area contributed by atoms with Crippen molar-refractivity contribution in [2.45, 2.75) is 5.03 Å². The van der Waals surface area contributed by atoms with Crippen LogP contribution in [0.3, 0.4) is 0 Å². The minimum Gasteiger partial charge on any atom is -0.292 e. The van der Waals surface area contributed by atoms with Gasteiger partial charge in [-0.1, -0.05) is 45.9 Å². The lowest BCUT2D eigenvalue weighted by molar-refractivity contribution is 0.102. The van der Waals surface area contributed by atoms with Crippen LogP contribution in [0.1, 0.15) is 9.67 Å². The molecule has 0 saturated carbocycles. The van der Waals surface area contributed by atoms with E-state index in [0.717, 1.165) is 35.7 Å². The van der Waals surface area contributed by atoms with Gasteiger partial charge in [-0.05, 0) is 29.1 Å². The molecule has 0 spiro atoms. The molecule has 0 fully saturated rings. The van der Waals surface area contributed by atoms with Gasteiger partial charge >= 0.3 is 0 Å². The second kappa shape index (κ2) is 7.37. The first kappa shape index (κ1) is 16.9. The molecule has 0 amide bonds. The van der Waals surface area contributed by atoms with E-state index in [-0.39, 0.29) is 5.78 Å². The van der Waals surface area contributed by atoms with Gasteiger partial charge in [-0.2, -0.15) is 0 Å². The minimum absolute atomic E-state index is 0.132. The Morgan fingerprint density at radius 2 is 1.96 bits per heavy atom. The lowest BCUT2D eigenvalue weighted by Gasteiger charge is -2.05. The summed E-state index contributed by atoms with van der Waals surface area (Å²) in [4.78, 5) is 22.8. The summed E-state index contributed by atoms with van der Waals surface area (Å²) in [7, 11) is 0. The van der Waals surface area contributed by atoms with Gasteiger partial charge in [0.05, 0.1) is 16.0 Å². The molecular weight excluding hydrogens is 436 g/mol. The summed E-state index contributed by atoms with van der Waals surface area (Å²) in [6.07, 6.45) is 1.57. The average Bonchev–Trinajstić information content (AvgIpc) is 3.30. The molecular formula is C18H11BrN2OS3. The number of nitrogens with zero attached hydrogens (tertiary/aromatic N) is 2. The average molecular weight is 447 g/mol. The summed E-state index contributed by atoms with van der Waals surface area (Å²) < 4.78 is 1.04. The van der Waals surface area contributed by atoms with Gasteiger partial charge in [0.2, 0.25) is 0 Å². The number of rotatable bonds is 5. The summed E-state index contributed by atoms with van der Waals surface area (Å²) in [5.74, 6) is 0.509. The Morgan fingerprint density at radius 3 is 2.72 bits per heavy atom. The maximum Gasteiger partial charge on any atom is 0.183 e. The van der Waals surface area contributed by atoms with Crippen LogP contribution < -0.4 is 0 Å². The molecule has 25 heavy (non-hydrogen) atoms. The van der Waals surface area contributed by atoms with Crippen molar-refractivity contribution in [3.05, 3.63) is 62.8 Å². The van der Waals surface area contributed by atoms with Crippen molar-refractivity contribution in [1.82, 2.24) is 9.97 Å². The van der Waals surface area contributed by atoms with Crippen LogP contribution in [-0.2, 0) is 0 Å². The molecule has 3 nitrogen and oxygen atoms in total. The van der Waals surface area contributed by atoms with Crippen LogP contribution in [0.4, 0.5) is 0 Å². The first-order valence-corrected chi connectivity index (χ1v) is 10.9. The van der Waals surface area contributed by atoms with Gasteiger partial charge in [-0.15, -0.1) is 22.7 Å². The number of hydrogen-bond acceptors (Lipinski definition) is 6. The van der Waals surface area contributed by atoms with Gasteiger partial charge in [0.15, 0.2) is 5.78 Å². The lowest BCUT2D eigenvalue weighted by atomic mass is 10.1. The largest absolute Gasteiger partial charge is 0.292 e. The fourth-order valence-electron chi connectivity index (χ4n) is 2.44. The highest BCUT2D eigenvalue weighted by atomic mass is 79.9. The maximum absolute atomic E-state index is 12.3. The van der Waals surface area contributed by atoms with Crippen LogP contribution in [0.2, 0.25) is 0 Å². The predicted molar refractivity (Wildman–Crippen MR) is 110 cm³/mol. The van der Waals surface area contributed by atoms with Crippen molar-refractivity contribution >= 4 is 66.4 Å². The van der Waals surface area contributed by atoms with Crippen molar-refractivity contribution in [1.29, 1.82) is 0 Å². The van der Waals surface area contributed by atoms with E-state index < -0.39 is 0 Å². The Balaban J connectivity index is 1.68. The van der Waals surface area contributed by atoms with Gasteiger partial charge in [-0.25, -0.2) is 9.97 Å². The van der Waals surface area contributed by atoms with Crippen LogP contribution in [-0.4, -0.2) is 21.5 Å². The number of hydrogen-bond donors (Lipinski definition) is 0. The molecule has 124 valence electrons. The van der Waals surface area contributed by atoms with E-state index in [1.54, 1.807) is 17.7 Å². The molecule has 0 N–H and O–H groups in total.